The molecule has 0 amide bonds. The summed E-state index contributed by atoms with van der Waals surface area (Å²) in [5, 5.41) is 7.88. The first kappa shape index (κ1) is 22.2. The Labute approximate surface area is 181 Å². The highest BCUT2D eigenvalue weighted by molar-refractivity contribution is 5.42. The van der Waals surface area contributed by atoms with Gasteiger partial charge in [-0.05, 0) is 38.1 Å². The third-order valence-electron chi connectivity index (χ3n) is 6.71. The first-order valence-corrected chi connectivity index (χ1v) is 11.2. The van der Waals surface area contributed by atoms with E-state index >= 15 is 0 Å². The maximum atomic E-state index is 13.9. The van der Waals surface area contributed by atoms with Gasteiger partial charge in [0, 0.05) is 31.4 Å². The largest absolute Gasteiger partial charge is 0.410 e. The summed E-state index contributed by atoms with van der Waals surface area (Å²) in [7, 11) is 0. The van der Waals surface area contributed by atoms with Crippen molar-refractivity contribution in [2.24, 2.45) is 5.41 Å². The summed E-state index contributed by atoms with van der Waals surface area (Å²) in [6.45, 7) is 10.5. The molecule has 9 heteroatoms. The van der Waals surface area contributed by atoms with Crippen molar-refractivity contribution < 1.29 is 13.2 Å². The minimum absolute atomic E-state index is 0.00874. The number of rotatable bonds is 4. The molecule has 1 N–H and O–H groups in total. The van der Waals surface area contributed by atoms with Crippen LogP contribution in [0.2, 0.25) is 0 Å². The van der Waals surface area contributed by atoms with E-state index in [1.54, 1.807) is 0 Å². The highest BCUT2D eigenvalue weighted by Gasteiger charge is 2.48. The van der Waals surface area contributed by atoms with E-state index in [4.69, 9.17) is 0 Å². The fourth-order valence-electron chi connectivity index (χ4n) is 4.81. The molecule has 2 aliphatic rings. The number of piperidine rings is 1. The molecule has 31 heavy (non-hydrogen) atoms. The SMILES string of the molecule is CCn1cncc1CN1CCCCC1c1cc2n(n1)[C@@H](C(F)(F)F)C[C@@H](C(C)(C)C)N2. The van der Waals surface area contributed by atoms with Gasteiger partial charge in [-0.15, -0.1) is 0 Å². The Balaban J connectivity index is 1.64. The molecular formula is C22H33F3N6. The van der Waals surface area contributed by atoms with Crippen molar-refractivity contribution in [3.05, 3.63) is 30.0 Å². The van der Waals surface area contributed by atoms with Crippen molar-refractivity contribution >= 4 is 5.82 Å². The van der Waals surface area contributed by atoms with Crippen molar-refractivity contribution in [1.82, 2.24) is 24.2 Å². The molecule has 3 atom stereocenters. The van der Waals surface area contributed by atoms with Crippen LogP contribution in [0.3, 0.4) is 0 Å². The van der Waals surface area contributed by atoms with Crippen LogP contribution >= 0.6 is 0 Å². The number of nitrogens with one attached hydrogen (secondary N) is 1. The van der Waals surface area contributed by atoms with Crippen LogP contribution in [-0.2, 0) is 13.1 Å². The zero-order valence-corrected chi connectivity index (χ0v) is 18.8. The molecule has 0 saturated carbocycles. The molecule has 172 valence electrons. The number of imidazole rings is 1. The molecule has 0 aliphatic carbocycles. The Bertz CT molecular complexity index is 894. The second-order valence-corrected chi connectivity index (χ2v) is 9.91. The smallest absolute Gasteiger partial charge is 0.367 e. The van der Waals surface area contributed by atoms with Gasteiger partial charge in [0.15, 0.2) is 6.04 Å². The number of fused-ring (bicyclic) bond motifs is 1. The number of aryl methyl sites for hydroxylation is 1. The van der Waals surface area contributed by atoms with Crippen LogP contribution in [-0.4, -0.2) is 43.0 Å². The predicted octanol–water partition coefficient (Wildman–Crippen LogP) is 5.16. The van der Waals surface area contributed by atoms with E-state index in [9.17, 15) is 13.2 Å². The summed E-state index contributed by atoms with van der Waals surface area (Å²) in [5.41, 5.74) is 1.57. The fraction of sp³-hybridized carbons (Fsp3) is 0.727. The van der Waals surface area contributed by atoms with Crippen LogP contribution < -0.4 is 5.32 Å². The van der Waals surface area contributed by atoms with E-state index < -0.39 is 12.2 Å². The lowest BCUT2D eigenvalue weighted by Crippen LogP contribution is -2.44. The van der Waals surface area contributed by atoms with Gasteiger partial charge in [-0.25, -0.2) is 9.67 Å². The summed E-state index contributed by atoms with van der Waals surface area (Å²) >= 11 is 0. The molecule has 0 radical (unpaired) electrons. The topological polar surface area (TPSA) is 50.9 Å². The predicted molar refractivity (Wildman–Crippen MR) is 114 cm³/mol. The fourth-order valence-corrected chi connectivity index (χ4v) is 4.81. The van der Waals surface area contributed by atoms with Gasteiger partial charge in [0.25, 0.3) is 0 Å². The summed E-state index contributed by atoms with van der Waals surface area (Å²) in [6.07, 6.45) is 2.40. The Morgan fingerprint density at radius 1 is 1.19 bits per heavy atom. The highest BCUT2D eigenvalue weighted by atomic mass is 19.4. The molecule has 1 saturated heterocycles. The van der Waals surface area contributed by atoms with Crippen LogP contribution in [0, 0.1) is 5.41 Å². The average Bonchev–Trinajstić information content (AvgIpc) is 3.32. The van der Waals surface area contributed by atoms with Gasteiger partial charge in [-0.2, -0.15) is 18.3 Å². The van der Waals surface area contributed by atoms with E-state index in [2.05, 4.69) is 31.8 Å². The van der Waals surface area contributed by atoms with Gasteiger partial charge in [-0.1, -0.05) is 27.2 Å². The molecule has 2 aromatic heterocycles. The Hall–Kier alpha value is -2.03. The normalized spacial score (nSPS) is 25.3. The lowest BCUT2D eigenvalue weighted by Gasteiger charge is -2.39. The minimum Gasteiger partial charge on any atom is -0.367 e. The van der Waals surface area contributed by atoms with Crippen molar-refractivity contribution in [1.29, 1.82) is 0 Å². The number of alkyl halides is 3. The molecule has 0 bridgehead atoms. The third kappa shape index (κ3) is 4.47. The molecule has 6 nitrogen and oxygen atoms in total. The second-order valence-electron chi connectivity index (χ2n) is 9.91. The zero-order valence-electron chi connectivity index (χ0n) is 18.8. The van der Waals surface area contributed by atoms with E-state index in [1.165, 1.54) is 4.68 Å². The van der Waals surface area contributed by atoms with Crippen LogP contribution in [0.25, 0.3) is 0 Å². The molecular weight excluding hydrogens is 405 g/mol. The quantitative estimate of drug-likeness (QED) is 0.716. The maximum absolute atomic E-state index is 13.9. The molecule has 0 aromatic carbocycles. The molecule has 4 heterocycles. The number of nitrogens with zero attached hydrogens (tertiary/aromatic N) is 5. The van der Waals surface area contributed by atoms with Gasteiger partial charge in [-0.3, -0.25) is 4.90 Å². The minimum atomic E-state index is -4.33. The van der Waals surface area contributed by atoms with Crippen molar-refractivity contribution in [3.8, 4) is 0 Å². The van der Waals surface area contributed by atoms with Gasteiger partial charge in [0.05, 0.1) is 23.8 Å². The second kappa shape index (κ2) is 8.15. The summed E-state index contributed by atoms with van der Waals surface area (Å²) in [4.78, 5) is 6.60. The third-order valence-corrected chi connectivity index (χ3v) is 6.71. The number of likely N-dealkylation sites (tertiary alicyclic amines) is 1. The summed E-state index contributed by atoms with van der Waals surface area (Å²) in [6, 6.07) is -0.00910. The molecule has 4 rings (SSSR count). The van der Waals surface area contributed by atoms with E-state index in [1.807, 2.05) is 39.4 Å². The average molecular weight is 439 g/mol. The number of aromatic nitrogens is 4. The Morgan fingerprint density at radius 3 is 2.65 bits per heavy atom. The summed E-state index contributed by atoms with van der Waals surface area (Å²) in [5.74, 6) is 0.479. The van der Waals surface area contributed by atoms with Gasteiger partial charge in [0.2, 0.25) is 0 Å². The molecule has 0 spiro atoms. The first-order valence-electron chi connectivity index (χ1n) is 11.2. The first-order chi connectivity index (χ1) is 14.6. The Morgan fingerprint density at radius 2 is 1.97 bits per heavy atom. The zero-order chi connectivity index (χ0) is 22.4. The van der Waals surface area contributed by atoms with E-state index in [-0.39, 0.29) is 23.9 Å². The van der Waals surface area contributed by atoms with Crippen LogP contribution in [0.1, 0.15) is 76.8 Å². The lowest BCUT2D eigenvalue weighted by molar-refractivity contribution is -0.175. The van der Waals surface area contributed by atoms with E-state index in [0.29, 0.717) is 5.82 Å². The van der Waals surface area contributed by atoms with Crippen LogP contribution in [0.15, 0.2) is 18.6 Å². The van der Waals surface area contributed by atoms with Crippen LogP contribution in [0.5, 0.6) is 0 Å². The number of hydrogen-bond acceptors (Lipinski definition) is 4. The molecule has 2 aromatic rings. The Kier molecular flexibility index (Phi) is 5.83. The highest BCUT2D eigenvalue weighted by Crippen LogP contribution is 2.44. The number of hydrogen-bond donors (Lipinski definition) is 1. The number of halogens is 3. The van der Waals surface area contributed by atoms with Gasteiger partial charge >= 0.3 is 6.18 Å². The van der Waals surface area contributed by atoms with Crippen molar-refractivity contribution in [3.63, 3.8) is 0 Å². The van der Waals surface area contributed by atoms with E-state index in [0.717, 1.165) is 50.3 Å². The molecule has 1 fully saturated rings. The van der Waals surface area contributed by atoms with Crippen molar-refractivity contribution in [2.45, 2.75) is 90.8 Å². The monoisotopic (exact) mass is 438 g/mol. The number of anilines is 1. The lowest BCUT2D eigenvalue weighted by atomic mass is 9.82. The molecule has 2 aliphatic heterocycles. The van der Waals surface area contributed by atoms with Gasteiger partial charge in [0.1, 0.15) is 5.82 Å². The standard InChI is InChI=1S/C22H33F3N6/c1-5-29-14-26-12-15(29)13-30-9-7-6-8-17(30)16-10-20-27-18(21(2,3)4)11-19(22(23,24)25)31(20)28-16/h10,12,14,17-19,27H,5-9,11,13H2,1-4H3/t17?,18-,19+/m0/s1. The summed E-state index contributed by atoms with van der Waals surface area (Å²) < 4.78 is 45.1. The molecule has 1 unspecified atom stereocenters. The van der Waals surface area contributed by atoms with Gasteiger partial charge < -0.3 is 9.88 Å². The van der Waals surface area contributed by atoms with Crippen LogP contribution in [0.4, 0.5) is 19.0 Å². The van der Waals surface area contributed by atoms with Crippen molar-refractivity contribution in [2.75, 3.05) is 11.9 Å². The maximum Gasteiger partial charge on any atom is 0.410 e.